The van der Waals surface area contributed by atoms with E-state index in [0.717, 1.165) is 12.8 Å². The van der Waals surface area contributed by atoms with Crippen LogP contribution in [-0.4, -0.2) is 54.6 Å². The predicted octanol–water partition coefficient (Wildman–Crippen LogP) is 3.59. The number of aromatic nitrogens is 2. The molecule has 1 saturated heterocycles. The van der Waals surface area contributed by atoms with Gasteiger partial charge in [0.1, 0.15) is 27.2 Å². The summed E-state index contributed by atoms with van der Waals surface area (Å²) >= 11 is 2.25. The Balaban J connectivity index is 1.72. The molecule has 0 bridgehead atoms. The van der Waals surface area contributed by atoms with Gasteiger partial charge in [0.25, 0.3) is 0 Å². The molecular weight excluding hydrogens is 521 g/mol. The van der Waals surface area contributed by atoms with Crippen molar-refractivity contribution in [1.29, 1.82) is 5.26 Å². The number of halogens is 1. The van der Waals surface area contributed by atoms with Crippen LogP contribution in [0.25, 0.3) is 5.70 Å². The molecule has 1 fully saturated rings. The van der Waals surface area contributed by atoms with Crippen LogP contribution in [0.2, 0.25) is 0 Å². The number of rotatable bonds is 4. The first-order chi connectivity index (χ1) is 15.2. The number of allylic oxidation sites excluding steroid dienone is 2. The molecule has 170 valence electrons. The first-order valence-electron chi connectivity index (χ1n) is 10.4. The van der Waals surface area contributed by atoms with Crippen molar-refractivity contribution in [3.8, 4) is 6.07 Å². The van der Waals surface area contributed by atoms with Gasteiger partial charge in [-0.3, -0.25) is 0 Å². The molecule has 0 radical (unpaired) electrons. The Bertz CT molecular complexity index is 977. The number of nitrogens with one attached hydrogen (secondary N) is 1. The Morgan fingerprint density at radius 2 is 2.25 bits per heavy atom. The second kappa shape index (κ2) is 10.2. The number of anilines is 1. The lowest BCUT2D eigenvalue weighted by Gasteiger charge is -2.34. The third-order valence-corrected chi connectivity index (χ3v) is 5.87. The van der Waals surface area contributed by atoms with Crippen LogP contribution in [0, 0.1) is 11.3 Å². The normalized spacial score (nSPS) is 21.6. The van der Waals surface area contributed by atoms with Crippen molar-refractivity contribution in [2.24, 2.45) is 5.73 Å². The maximum Gasteiger partial charge on any atom is 0.410 e. The summed E-state index contributed by atoms with van der Waals surface area (Å²) in [6.45, 7) is 6.80. The van der Waals surface area contributed by atoms with Crippen LogP contribution >= 0.6 is 22.6 Å². The largest absolute Gasteiger partial charge is 0.444 e. The minimum absolute atomic E-state index is 0.0274. The molecule has 2 atom stereocenters. The van der Waals surface area contributed by atoms with E-state index in [4.69, 9.17) is 10.5 Å². The third kappa shape index (κ3) is 6.12. The maximum absolute atomic E-state index is 12.4. The summed E-state index contributed by atoms with van der Waals surface area (Å²) in [5.74, 6) is 1.09. The molecule has 1 amide bonds. The molecule has 0 aliphatic carbocycles. The van der Waals surface area contributed by atoms with Crippen LogP contribution in [0.15, 0.2) is 42.4 Å². The van der Waals surface area contributed by atoms with Gasteiger partial charge in [-0.2, -0.15) is 5.26 Å². The maximum atomic E-state index is 12.4. The SMILES string of the molecule is CC(C)(C)OC(=O)N1CCC[C@@H](Nc2ccnc(/C(=C/N)N3C=C(C#N)C=CC3I)n2)C1. The Hall–Kier alpha value is -2.81. The molecule has 1 unspecified atom stereocenters. The Morgan fingerprint density at radius 1 is 1.47 bits per heavy atom. The van der Waals surface area contributed by atoms with Gasteiger partial charge in [0.05, 0.1) is 5.57 Å². The van der Waals surface area contributed by atoms with Crippen LogP contribution in [-0.2, 0) is 4.74 Å². The fraction of sp³-hybridized carbons (Fsp3) is 0.455. The topological polar surface area (TPSA) is 120 Å². The van der Waals surface area contributed by atoms with Crippen LogP contribution in [0.5, 0.6) is 0 Å². The van der Waals surface area contributed by atoms with Crippen molar-refractivity contribution in [2.75, 3.05) is 18.4 Å². The zero-order valence-electron chi connectivity index (χ0n) is 18.5. The Kier molecular flexibility index (Phi) is 7.60. The number of carbonyl (C=O) groups is 1. The Morgan fingerprint density at radius 3 is 2.94 bits per heavy atom. The van der Waals surface area contributed by atoms with E-state index in [0.29, 0.717) is 36.0 Å². The molecule has 9 nitrogen and oxygen atoms in total. The van der Waals surface area contributed by atoms with Gasteiger partial charge < -0.3 is 25.6 Å². The lowest BCUT2D eigenvalue weighted by molar-refractivity contribution is 0.0206. The number of ether oxygens (including phenoxy) is 1. The van der Waals surface area contributed by atoms with Crippen molar-refractivity contribution in [2.45, 2.75) is 49.3 Å². The van der Waals surface area contributed by atoms with Crippen molar-refractivity contribution in [1.82, 2.24) is 19.8 Å². The highest BCUT2D eigenvalue weighted by Crippen LogP contribution is 2.28. The fourth-order valence-corrected chi connectivity index (χ4v) is 4.11. The molecule has 3 rings (SSSR count). The molecule has 0 spiro atoms. The summed E-state index contributed by atoms with van der Waals surface area (Å²) in [5, 5.41) is 12.7. The quantitative estimate of drug-likeness (QED) is 0.332. The molecule has 2 aliphatic rings. The molecule has 3 N–H and O–H groups in total. The zero-order valence-corrected chi connectivity index (χ0v) is 20.6. The first-order valence-corrected chi connectivity index (χ1v) is 11.7. The second-order valence-electron chi connectivity index (χ2n) is 8.56. The lowest BCUT2D eigenvalue weighted by atomic mass is 10.1. The van der Waals surface area contributed by atoms with Crippen LogP contribution < -0.4 is 11.1 Å². The number of amides is 1. The second-order valence-corrected chi connectivity index (χ2v) is 9.84. The van der Waals surface area contributed by atoms with Gasteiger partial charge in [-0.15, -0.1) is 0 Å². The zero-order chi connectivity index (χ0) is 23.3. The minimum atomic E-state index is -0.524. The standard InChI is InChI=1S/C22H28IN7O2/c1-22(2,3)32-21(31)29-10-4-5-16(14-29)27-19-8-9-26-20(28-19)17(12-25)30-13-15(11-24)6-7-18(30)23/h6-9,12-13,16,18H,4-5,10,14,25H2,1-3H3,(H,26,27,28)/b17-12-/t16-,18?/m1/s1. The first kappa shape index (κ1) is 23.8. The van der Waals surface area contributed by atoms with Gasteiger partial charge in [-0.1, -0.05) is 28.7 Å². The predicted molar refractivity (Wildman–Crippen MR) is 131 cm³/mol. The van der Waals surface area contributed by atoms with Gasteiger partial charge in [-0.05, 0) is 45.8 Å². The van der Waals surface area contributed by atoms with E-state index in [9.17, 15) is 10.1 Å². The van der Waals surface area contributed by atoms with E-state index in [-0.39, 0.29) is 16.2 Å². The number of nitrogens with zero attached hydrogens (tertiary/aromatic N) is 5. The van der Waals surface area contributed by atoms with Crippen LogP contribution in [0.4, 0.5) is 10.6 Å². The number of hydrogen-bond acceptors (Lipinski definition) is 8. The van der Waals surface area contributed by atoms with Gasteiger partial charge in [0.15, 0.2) is 5.82 Å². The van der Waals surface area contributed by atoms with Gasteiger partial charge in [0, 0.05) is 37.7 Å². The number of nitrogens with two attached hydrogens (primary N) is 1. The highest BCUT2D eigenvalue weighted by molar-refractivity contribution is 14.1. The monoisotopic (exact) mass is 549 g/mol. The summed E-state index contributed by atoms with van der Waals surface area (Å²) < 4.78 is 5.48. The number of nitriles is 1. The van der Waals surface area contributed by atoms with E-state index >= 15 is 0 Å². The molecule has 1 aromatic rings. The average molecular weight is 549 g/mol. The summed E-state index contributed by atoms with van der Waals surface area (Å²) in [5.41, 5.74) is 6.52. The van der Waals surface area contributed by atoms with Crippen molar-refractivity contribution in [3.05, 3.63) is 48.2 Å². The minimum Gasteiger partial charge on any atom is -0.444 e. The molecule has 1 aromatic heterocycles. The number of piperidine rings is 1. The molecule has 0 aromatic carbocycles. The van der Waals surface area contributed by atoms with Crippen molar-refractivity contribution < 1.29 is 9.53 Å². The number of carbonyl (C=O) groups excluding carboxylic acids is 1. The average Bonchev–Trinajstić information content (AvgIpc) is 2.75. The van der Waals surface area contributed by atoms with E-state index < -0.39 is 5.60 Å². The highest BCUT2D eigenvalue weighted by Gasteiger charge is 2.28. The Labute approximate surface area is 202 Å². The smallest absolute Gasteiger partial charge is 0.410 e. The van der Waals surface area contributed by atoms with Gasteiger partial charge >= 0.3 is 6.09 Å². The van der Waals surface area contributed by atoms with E-state index in [2.05, 4.69) is 43.9 Å². The van der Waals surface area contributed by atoms with E-state index in [1.807, 2.05) is 31.7 Å². The van der Waals surface area contributed by atoms with Crippen LogP contribution in [0.1, 0.15) is 39.4 Å². The van der Waals surface area contributed by atoms with Gasteiger partial charge in [0.2, 0.25) is 0 Å². The van der Waals surface area contributed by atoms with E-state index in [1.165, 1.54) is 6.20 Å². The molecule has 2 aliphatic heterocycles. The fourth-order valence-electron chi connectivity index (χ4n) is 3.44. The molecule has 32 heavy (non-hydrogen) atoms. The summed E-state index contributed by atoms with van der Waals surface area (Å²) in [7, 11) is 0. The molecule has 10 heteroatoms. The number of likely N-dealkylation sites (tertiary alicyclic amines) is 1. The highest BCUT2D eigenvalue weighted by atomic mass is 127. The molecule has 0 saturated carbocycles. The summed E-state index contributed by atoms with van der Waals surface area (Å²) in [6.07, 6.45) is 10.0. The van der Waals surface area contributed by atoms with E-state index in [1.54, 1.807) is 29.4 Å². The third-order valence-electron chi connectivity index (χ3n) is 4.85. The summed E-state index contributed by atoms with van der Waals surface area (Å²) in [6, 6.07) is 3.98. The molecule has 3 heterocycles. The number of alkyl halides is 1. The van der Waals surface area contributed by atoms with Gasteiger partial charge in [-0.25, -0.2) is 14.8 Å². The van der Waals surface area contributed by atoms with Crippen molar-refractivity contribution >= 4 is 40.2 Å². The summed E-state index contributed by atoms with van der Waals surface area (Å²) in [4.78, 5) is 25.1. The van der Waals surface area contributed by atoms with Crippen LogP contribution in [0.3, 0.4) is 0 Å². The number of hydrogen-bond donors (Lipinski definition) is 2. The lowest BCUT2D eigenvalue weighted by Crippen LogP contribution is -2.47. The van der Waals surface area contributed by atoms with Crippen molar-refractivity contribution in [3.63, 3.8) is 0 Å². The molecular formula is C22H28IN7O2.